The van der Waals surface area contributed by atoms with Gasteiger partial charge in [-0.25, -0.2) is 0 Å². The number of terminal acetylenes is 1. The zero-order chi connectivity index (χ0) is 18.3. The Morgan fingerprint density at radius 2 is 2.19 bits per heavy atom. The van der Waals surface area contributed by atoms with Crippen molar-refractivity contribution >= 4 is 27.5 Å². The second-order valence-electron chi connectivity index (χ2n) is 6.04. The molecule has 0 radical (unpaired) electrons. The third-order valence-electron chi connectivity index (χ3n) is 3.98. The number of benzene rings is 1. The Morgan fingerprint density at radius 1 is 1.42 bits per heavy atom. The molecule has 1 aliphatic rings. The summed E-state index contributed by atoms with van der Waals surface area (Å²) in [5.41, 5.74) is 1.16. The van der Waals surface area contributed by atoms with Crippen molar-refractivity contribution in [1.82, 2.24) is 14.3 Å². The summed E-state index contributed by atoms with van der Waals surface area (Å²) in [7, 11) is 0. The van der Waals surface area contributed by atoms with Crippen LogP contribution in [0.25, 0.3) is 10.2 Å². The quantitative estimate of drug-likeness (QED) is 0.666. The average molecular weight is 368 g/mol. The van der Waals surface area contributed by atoms with Crippen LogP contribution in [0.4, 0.5) is 0 Å². The molecule has 0 aliphatic carbocycles. The summed E-state index contributed by atoms with van der Waals surface area (Å²) in [6.07, 6.45) is 7.28. The van der Waals surface area contributed by atoms with Gasteiger partial charge in [-0.1, -0.05) is 17.3 Å². The van der Waals surface area contributed by atoms with Gasteiger partial charge in [-0.2, -0.15) is 10.1 Å². The molecule has 3 aromatic rings. The first-order chi connectivity index (χ1) is 12.6. The smallest absolute Gasteiger partial charge is 0.300 e. The summed E-state index contributed by atoms with van der Waals surface area (Å²) < 4.78 is 15.3. The van der Waals surface area contributed by atoms with Crippen LogP contribution < -0.4 is 14.3 Å². The molecule has 0 saturated carbocycles. The Bertz CT molecular complexity index is 1110. The molecule has 132 valence electrons. The van der Waals surface area contributed by atoms with Gasteiger partial charge >= 0.3 is 0 Å². The maximum atomic E-state index is 12.5. The van der Waals surface area contributed by atoms with E-state index in [2.05, 4.69) is 16.0 Å². The minimum atomic E-state index is -0.401. The summed E-state index contributed by atoms with van der Waals surface area (Å²) in [5.74, 6) is 3.55. The van der Waals surface area contributed by atoms with Gasteiger partial charge in [0, 0.05) is 24.4 Å². The van der Waals surface area contributed by atoms with E-state index in [9.17, 15) is 4.79 Å². The molecule has 4 rings (SSSR count). The molecule has 2 aromatic heterocycles. The molecule has 0 spiro atoms. The number of hydrogen-bond donors (Lipinski definition) is 0. The fraction of sp³-hybridized carbons (Fsp3) is 0.278. The van der Waals surface area contributed by atoms with Crippen molar-refractivity contribution in [3.05, 3.63) is 34.9 Å². The van der Waals surface area contributed by atoms with E-state index in [1.54, 1.807) is 16.9 Å². The fourth-order valence-corrected chi connectivity index (χ4v) is 3.71. The number of carbonyl (C=O) groups excluding carboxylic acids is 1. The number of rotatable bonds is 3. The van der Waals surface area contributed by atoms with E-state index in [1.807, 2.05) is 30.5 Å². The molecule has 0 atom stereocenters. The number of thiazole rings is 1. The zero-order valence-electron chi connectivity index (χ0n) is 14.3. The third-order valence-corrected chi connectivity index (χ3v) is 5.02. The zero-order valence-corrected chi connectivity index (χ0v) is 15.1. The van der Waals surface area contributed by atoms with E-state index in [1.165, 1.54) is 11.3 Å². The highest BCUT2D eigenvalue weighted by atomic mass is 32.1. The minimum absolute atomic E-state index is 0.176. The van der Waals surface area contributed by atoms with Crippen LogP contribution in [-0.2, 0) is 6.54 Å². The molecule has 8 heteroatoms. The molecular weight excluding hydrogens is 352 g/mol. The molecule has 7 nitrogen and oxygen atoms in total. The highest BCUT2D eigenvalue weighted by Gasteiger charge is 2.18. The number of aromatic nitrogens is 3. The fourth-order valence-electron chi connectivity index (χ4n) is 2.67. The van der Waals surface area contributed by atoms with Crippen molar-refractivity contribution in [2.24, 2.45) is 4.99 Å². The third kappa shape index (κ3) is 2.76. The van der Waals surface area contributed by atoms with Gasteiger partial charge in [0.25, 0.3) is 5.91 Å². The second-order valence-corrected chi connectivity index (χ2v) is 7.05. The standard InChI is InChI=1S/C18H16N4O3S/c1-4-6-21-13-8-14-15(25-10-24-14)9-16(13)26-18(21)19-17(23)12-5-7-22(20-12)11(2)3/h1,5,7-9,11H,6,10H2,2-3H3. The van der Waals surface area contributed by atoms with Gasteiger partial charge in [0.05, 0.1) is 16.8 Å². The van der Waals surface area contributed by atoms with Crippen molar-refractivity contribution in [2.75, 3.05) is 6.79 Å². The summed E-state index contributed by atoms with van der Waals surface area (Å²) in [6.45, 7) is 4.49. The number of hydrogen-bond acceptors (Lipinski definition) is 5. The predicted octanol–water partition coefficient (Wildman–Crippen LogP) is 2.58. The topological polar surface area (TPSA) is 70.6 Å². The molecule has 0 saturated heterocycles. The maximum Gasteiger partial charge on any atom is 0.300 e. The summed E-state index contributed by atoms with van der Waals surface area (Å²) in [6, 6.07) is 5.59. The Balaban J connectivity index is 1.81. The number of amides is 1. The Kier molecular flexibility index (Phi) is 4.01. The lowest BCUT2D eigenvalue weighted by atomic mass is 10.3. The van der Waals surface area contributed by atoms with Gasteiger partial charge < -0.3 is 14.0 Å². The summed E-state index contributed by atoms with van der Waals surface area (Å²) in [5, 5.41) is 4.27. The van der Waals surface area contributed by atoms with E-state index in [0.717, 1.165) is 10.2 Å². The van der Waals surface area contributed by atoms with Crippen LogP contribution in [0, 0.1) is 12.3 Å². The molecule has 1 aliphatic heterocycles. The predicted molar refractivity (Wildman–Crippen MR) is 97.3 cm³/mol. The van der Waals surface area contributed by atoms with E-state index in [4.69, 9.17) is 15.9 Å². The monoisotopic (exact) mass is 368 g/mol. The highest BCUT2D eigenvalue weighted by Crippen LogP contribution is 2.36. The van der Waals surface area contributed by atoms with Gasteiger partial charge in [0.15, 0.2) is 22.0 Å². The van der Waals surface area contributed by atoms with Gasteiger partial charge in [-0.05, 0) is 19.9 Å². The summed E-state index contributed by atoms with van der Waals surface area (Å²) >= 11 is 1.38. The lowest BCUT2D eigenvalue weighted by Gasteiger charge is -2.02. The molecule has 1 aromatic carbocycles. The van der Waals surface area contributed by atoms with Crippen LogP contribution in [0.5, 0.6) is 11.5 Å². The van der Waals surface area contributed by atoms with E-state index in [0.29, 0.717) is 28.5 Å². The maximum absolute atomic E-state index is 12.5. The molecule has 1 amide bonds. The van der Waals surface area contributed by atoms with Crippen molar-refractivity contribution in [2.45, 2.75) is 26.4 Å². The van der Waals surface area contributed by atoms with Crippen LogP contribution >= 0.6 is 11.3 Å². The molecule has 0 fully saturated rings. The Labute approximate surface area is 153 Å². The molecule has 3 heterocycles. The number of carbonyl (C=O) groups is 1. The number of ether oxygens (including phenoxy) is 2. The largest absolute Gasteiger partial charge is 0.454 e. The van der Waals surface area contributed by atoms with Crippen LogP contribution in [0.2, 0.25) is 0 Å². The molecule has 0 bridgehead atoms. The van der Waals surface area contributed by atoms with E-state index >= 15 is 0 Å². The van der Waals surface area contributed by atoms with Crippen molar-refractivity contribution in [3.63, 3.8) is 0 Å². The molecular formula is C18H16N4O3S. The highest BCUT2D eigenvalue weighted by molar-refractivity contribution is 7.16. The lowest BCUT2D eigenvalue weighted by molar-refractivity contribution is 0.0992. The van der Waals surface area contributed by atoms with Crippen molar-refractivity contribution in [1.29, 1.82) is 0 Å². The van der Waals surface area contributed by atoms with E-state index < -0.39 is 5.91 Å². The molecule has 0 N–H and O–H groups in total. The first-order valence-electron chi connectivity index (χ1n) is 8.07. The van der Waals surface area contributed by atoms with Crippen LogP contribution in [-0.4, -0.2) is 27.0 Å². The van der Waals surface area contributed by atoms with Crippen molar-refractivity contribution < 1.29 is 14.3 Å². The van der Waals surface area contributed by atoms with Gasteiger partial charge in [0.2, 0.25) is 6.79 Å². The van der Waals surface area contributed by atoms with Gasteiger partial charge in [-0.3, -0.25) is 9.48 Å². The first-order valence-corrected chi connectivity index (χ1v) is 8.89. The second kappa shape index (κ2) is 6.35. The normalized spacial score (nSPS) is 13.5. The van der Waals surface area contributed by atoms with Gasteiger partial charge in [-0.15, -0.1) is 6.42 Å². The van der Waals surface area contributed by atoms with Crippen LogP contribution in [0.15, 0.2) is 29.4 Å². The molecule has 26 heavy (non-hydrogen) atoms. The van der Waals surface area contributed by atoms with Crippen LogP contribution in [0.3, 0.4) is 0 Å². The SMILES string of the molecule is C#CCn1c(=NC(=O)c2ccn(C(C)C)n2)sc2cc3c(cc21)OCO3. The molecule has 0 unspecified atom stereocenters. The number of nitrogens with zero attached hydrogens (tertiary/aromatic N) is 4. The average Bonchev–Trinajstić information content (AvgIpc) is 3.32. The summed E-state index contributed by atoms with van der Waals surface area (Å²) in [4.78, 5) is 17.3. The van der Waals surface area contributed by atoms with Crippen LogP contribution in [0.1, 0.15) is 30.4 Å². The Hall–Kier alpha value is -3.05. The van der Waals surface area contributed by atoms with Crippen molar-refractivity contribution in [3.8, 4) is 23.8 Å². The first kappa shape index (κ1) is 16.4. The number of fused-ring (bicyclic) bond motifs is 2. The lowest BCUT2D eigenvalue weighted by Crippen LogP contribution is -2.16. The Morgan fingerprint density at radius 3 is 2.88 bits per heavy atom. The van der Waals surface area contributed by atoms with E-state index in [-0.39, 0.29) is 12.8 Å². The van der Waals surface area contributed by atoms with Gasteiger partial charge in [0.1, 0.15) is 0 Å². The minimum Gasteiger partial charge on any atom is -0.454 e.